The highest BCUT2D eigenvalue weighted by molar-refractivity contribution is 6.05. The highest BCUT2D eigenvalue weighted by atomic mass is 16.5. The average molecular weight is 310 g/mol. The van der Waals surface area contributed by atoms with E-state index < -0.39 is 0 Å². The fourth-order valence-corrected chi connectivity index (χ4v) is 2.02. The van der Waals surface area contributed by atoms with E-state index >= 15 is 0 Å². The van der Waals surface area contributed by atoms with E-state index in [4.69, 9.17) is 4.74 Å². The molecule has 2 aromatic heterocycles. The molecule has 1 N–H and O–H groups in total. The van der Waals surface area contributed by atoms with Gasteiger partial charge in [0.25, 0.3) is 5.91 Å². The predicted molar refractivity (Wildman–Crippen MR) is 82.5 cm³/mol. The first-order chi connectivity index (χ1) is 11.3. The van der Waals surface area contributed by atoms with Crippen molar-refractivity contribution in [2.24, 2.45) is 0 Å². The summed E-state index contributed by atoms with van der Waals surface area (Å²) in [6, 6.07) is 10.5. The summed E-state index contributed by atoms with van der Waals surface area (Å²) in [6.45, 7) is 2.28. The highest BCUT2D eigenvalue weighted by Crippen LogP contribution is 2.18. The summed E-state index contributed by atoms with van der Waals surface area (Å²) in [4.78, 5) is 16.5. The minimum atomic E-state index is -0.296. The van der Waals surface area contributed by atoms with Gasteiger partial charge in [-0.05, 0) is 47.7 Å². The van der Waals surface area contributed by atoms with Crippen molar-refractivity contribution in [3.8, 4) is 11.6 Å². The monoisotopic (exact) mass is 310 g/mol. The van der Waals surface area contributed by atoms with Gasteiger partial charge in [0.1, 0.15) is 11.9 Å². The number of aromatic nitrogens is 5. The van der Waals surface area contributed by atoms with Crippen LogP contribution in [-0.2, 0) is 0 Å². The number of pyridine rings is 1. The summed E-state index contributed by atoms with van der Waals surface area (Å²) in [5.41, 5.74) is 1.74. The zero-order chi connectivity index (χ0) is 16.1. The minimum absolute atomic E-state index is 0.296. The van der Waals surface area contributed by atoms with Crippen molar-refractivity contribution in [2.45, 2.75) is 6.92 Å². The molecule has 0 aliphatic heterocycles. The summed E-state index contributed by atoms with van der Waals surface area (Å²) in [6.07, 6.45) is 3.06. The standard InChI is InChI=1S/C15H14N6O2/c1-2-23-15-13(7-4-8-16-15)14(22)18-11-5-3-6-12(9-11)21-10-17-19-20-21/h3-10H,2H2,1H3,(H,18,22). The second kappa shape index (κ2) is 6.65. The summed E-state index contributed by atoms with van der Waals surface area (Å²) in [5.74, 6) is 0.0135. The number of carbonyl (C=O) groups is 1. The third-order valence-electron chi connectivity index (χ3n) is 3.01. The molecule has 0 saturated carbocycles. The molecular formula is C15H14N6O2. The van der Waals surface area contributed by atoms with Crippen molar-refractivity contribution >= 4 is 11.6 Å². The van der Waals surface area contributed by atoms with E-state index in [1.165, 1.54) is 11.0 Å². The van der Waals surface area contributed by atoms with Gasteiger partial charge in [-0.2, -0.15) is 0 Å². The van der Waals surface area contributed by atoms with Crippen LogP contribution in [0.2, 0.25) is 0 Å². The number of rotatable bonds is 5. The number of ether oxygens (including phenoxy) is 1. The van der Waals surface area contributed by atoms with Gasteiger partial charge in [-0.25, -0.2) is 9.67 Å². The number of benzene rings is 1. The summed E-state index contributed by atoms with van der Waals surface area (Å²) in [5, 5.41) is 13.8. The molecule has 1 aromatic carbocycles. The van der Waals surface area contributed by atoms with E-state index in [9.17, 15) is 4.79 Å². The molecule has 0 fully saturated rings. The van der Waals surface area contributed by atoms with Gasteiger partial charge in [0.2, 0.25) is 5.88 Å². The van der Waals surface area contributed by atoms with Gasteiger partial charge in [-0.15, -0.1) is 5.10 Å². The van der Waals surface area contributed by atoms with E-state index in [2.05, 4.69) is 25.8 Å². The topological polar surface area (TPSA) is 94.8 Å². The van der Waals surface area contributed by atoms with Crippen LogP contribution in [0.25, 0.3) is 5.69 Å². The number of nitrogens with one attached hydrogen (secondary N) is 1. The maximum atomic E-state index is 12.4. The largest absolute Gasteiger partial charge is 0.477 e. The molecule has 0 atom stereocenters. The molecular weight excluding hydrogens is 296 g/mol. The Morgan fingerprint density at radius 2 is 2.22 bits per heavy atom. The van der Waals surface area contributed by atoms with Gasteiger partial charge < -0.3 is 10.1 Å². The molecule has 116 valence electrons. The van der Waals surface area contributed by atoms with Crippen LogP contribution in [0.4, 0.5) is 5.69 Å². The molecule has 3 rings (SSSR count). The van der Waals surface area contributed by atoms with Crippen molar-refractivity contribution < 1.29 is 9.53 Å². The summed E-state index contributed by atoms with van der Waals surface area (Å²) >= 11 is 0. The Morgan fingerprint density at radius 3 is 3.00 bits per heavy atom. The fourth-order valence-electron chi connectivity index (χ4n) is 2.02. The molecule has 0 spiro atoms. The van der Waals surface area contributed by atoms with Gasteiger partial charge in [0.15, 0.2) is 0 Å². The lowest BCUT2D eigenvalue weighted by molar-refractivity contribution is 0.102. The molecule has 0 aliphatic rings. The van der Waals surface area contributed by atoms with Crippen molar-refractivity contribution in [1.82, 2.24) is 25.2 Å². The maximum absolute atomic E-state index is 12.4. The zero-order valence-corrected chi connectivity index (χ0v) is 12.4. The number of hydrogen-bond acceptors (Lipinski definition) is 6. The van der Waals surface area contributed by atoms with Crippen LogP contribution in [0, 0.1) is 0 Å². The van der Waals surface area contributed by atoms with Crippen molar-refractivity contribution in [3.05, 3.63) is 54.5 Å². The van der Waals surface area contributed by atoms with Crippen molar-refractivity contribution in [2.75, 3.05) is 11.9 Å². The molecule has 0 radical (unpaired) electrons. The Hall–Kier alpha value is -3.29. The molecule has 0 bridgehead atoms. The number of hydrogen-bond donors (Lipinski definition) is 1. The summed E-state index contributed by atoms with van der Waals surface area (Å²) in [7, 11) is 0. The van der Waals surface area contributed by atoms with Crippen LogP contribution in [0.1, 0.15) is 17.3 Å². The molecule has 3 aromatic rings. The number of anilines is 1. The van der Waals surface area contributed by atoms with Gasteiger partial charge in [-0.3, -0.25) is 4.79 Å². The van der Waals surface area contributed by atoms with Gasteiger partial charge >= 0.3 is 0 Å². The van der Waals surface area contributed by atoms with Crippen LogP contribution >= 0.6 is 0 Å². The number of tetrazole rings is 1. The molecule has 8 heteroatoms. The van der Waals surface area contributed by atoms with Crippen molar-refractivity contribution in [1.29, 1.82) is 0 Å². The lowest BCUT2D eigenvalue weighted by atomic mass is 10.2. The molecule has 0 saturated heterocycles. The Labute approximate surface area is 132 Å². The van der Waals surface area contributed by atoms with Crippen molar-refractivity contribution in [3.63, 3.8) is 0 Å². The van der Waals surface area contributed by atoms with Crippen LogP contribution < -0.4 is 10.1 Å². The Bertz CT molecular complexity index is 803. The number of carbonyl (C=O) groups excluding carboxylic acids is 1. The van der Waals surface area contributed by atoms with E-state index in [1.54, 1.807) is 36.5 Å². The van der Waals surface area contributed by atoms with Gasteiger partial charge in [0.05, 0.1) is 12.3 Å². The first-order valence-corrected chi connectivity index (χ1v) is 7.00. The van der Waals surface area contributed by atoms with Crippen LogP contribution in [0.15, 0.2) is 48.9 Å². The highest BCUT2D eigenvalue weighted by Gasteiger charge is 2.13. The number of amides is 1. The lowest BCUT2D eigenvalue weighted by Crippen LogP contribution is -2.14. The SMILES string of the molecule is CCOc1ncccc1C(=O)Nc1cccc(-n2cnnn2)c1. The molecule has 0 unspecified atom stereocenters. The second-order valence-corrected chi connectivity index (χ2v) is 4.55. The fraction of sp³-hybridized carbons (Fsp3) is 0.133. The van der Waals surface area contributed by atoms with Crippen LogP contribution in [0.5, 0.6) is 5.88 Å². The summed E-state index contributed by atoms with van der Waals surface area (Å²) < 4.78 is 6.88. The zero-order valence-electron chi connectivity index (χ0n) is 12.4. The normalized spacial score (nSPS) is 10.3. The number of nitrogens with zero attached hydrogens (tertiary/aromatic N) is 5. The van der Waals surface area contributed by atoms with E-state index in [-0.39, 0.29) is 5.91 Å². The van der Waals surface area contributed by atoms with Crippen LogP contribution in [0.3, 0.4) is 0 Å². The Morgan fingerprint density at radius 1 is 1.30 bits per heavy atom. The van der Waals surface area contributed by atoms with Crippen LogP contribution in [-0.4, -0.2) is 37.7 Å². The van der Waals surface area contributed by atoms with E-state index in [1.807, 2.05) is 13.0 Å². The first-order valence-electron chi connectivity index (χ1n) is 7.00. The lowest BCUT2D eigenvalue weighted by Gasteiger charge is -2.10. The Kier molecular flexibility index (Phi) is 4.23. The quantitative estimate of drug-likeness (QED) is 0.771. The average Bonchev–Trinajstić information content (AvgIpc) is 3.10. The van der Waals surface area contributed by atoms with Gasteiger partial charge in [0, 0.05) is 11.9 Å². The molecule has 0 aliphatic carbocycles. The predicted octanol–water partition coefficient (Wildman–Crippen LogP) is 1.71. The third kappa shape index (κ3) is 3.31. The molecule has 1 amide bonds. The molecule has 23 heavy (non-hydrogen) atoms. The van der Waals surface area contributed by atoms with E-state index in [0.717, 1.165) is 5.69 Å². The van der Waals surface area contributed by atoms with Gasteiger partial charge in [-0.1, -0.05) is 6.07 Å². The third-order valence-corrected chi connectivity index (χ3v) is 3.01. The second-order valence-electron chi connectivity index (χ2n) is 4.55. The smallest absolute Gasteiger partial charge is 0.261 e. The minimum Gasteiger partial charge on any atom is -0.477 e. The Balaban J connectivity index is 1.82. The van der Waals surface area contributed by atoms with E-state index in [0.29, 0.717) is 23.7 Å². The molecule has 2 heterocycles. The molecule has 8 nitrogen and oxygen atoms in total. The maximum Gasteiger partial charge on any atom is 0.261 e. The first kappa shape index (κ1) is 14.6.